The van der Waals surface area contributed by atoms with Crippen LogP contribution in [0.1, 0.15) is 34.8 Å². The minimum absolute atomic E-state index is 0.0365. The summed E-state index contributed by atoms with van der Waals surface area (Å²) < 4.78 is 12.9. The number of nitrogens with zero attached hydrogens (tertiary/aromatic N) is 1. The first kappa shape index (κ1) is 13.5. The van der Waals surface area contributed by atoms with Crippen molar-refractivity contribution in [2.24, 2.45) is 0 Å². The van der Waals surface area contributed by atoms with Crippen LogP contribution in [0.15, 0.2) is 42.5 Å². The fourth-order valence-corrected chi connectivity index (χ4v) is 2.59. The molecule has 1 heterocycles. The number of halogens is 1. The highest BCUT2D eigenvalue weighted by Crippen LogP contribution is 2.38. The smallest absolute Gasteiger partial charge is 0.354 e. The molecule has 5 heteroatoms. The third kappa shape index (κ3) is 3.02. The van der Waals surface area contributed by atoms with E-state index in [-0.39, 0.29) is 17.6 Å². The zero-order valence-corrected chi connectivity index (χ0v) is 11.3. The Hall–Kier alpha value is -2.43. The first-order chi connectivity index (χ1) is 10.1. The van der Waals surface area contributed by atoms with E-state index in [2.05, 4.69) is 10.3 Å². The summed E-state index contributed by atoms with van der Waals surface area (Å²) in [7, 11) is 0. The Balaban J connectivity index is 1.58. The lowest BCUT2D eigenvalue weighted by Crippen LogP contribution is -2.34. The minimum atomic E-state index is -1.03. The van der Waals surface area contributed by atoms with Crippen molar-refractivity contribution in [1.82, 2.24) is 4.98 Å². The van der Waals surface area contributed by atoms with Crippen LogP contribution in [-0.4, -0.2) is 22.1 Å². The number of aromatic carboxylic acids is 1. The SMILES string of the molecule is O=C(O)c1cccc(NC2CC(c3ccc(F)cc3)C2)n1. The minimum Gasteiger partial charge on any atom is -0.477 e. The van der Waals surface area contributed by atoms with Gasteiger partial charge in [-0.15, -0.1) is 0 Å². The molecule has 0 amide bonds. The zero-order valence-electron chi connectivity index (χ0n) is 11.3. The summed E-state index contributed by atoms with van der Waals surface area (Å²) in [5.74, 6) is -0.248. The number of benzene rings is 1. The lowest BCUT2D eigenvalue weighted by atomic mass is 9.76. The molecule has 0 bridgehead atoms. The second-order valence-corrected chi connectivity index (χ2v) is 5.27. The molecule has 1 aliphatic rings. The van der Waals surface area contributed by atoms with Crippen molar-refractivity contribution in [1.29, 1.82) is 0 Å². The average Bonchev–Trinajstić information content (AvgIpc) is 2.44. The van der Waals surface area contributed by atoms with E-state index in [0.29, 0.717) is 11.7 Å². The molecule has 2 N–H and O–H groups in total. The average molecular weight is 286 g/mol. The number of nitrogens with one attached hydrogen (secondary N) is 1. The van der Waals surface area contributed by atoms with E-state index in [0.717, 1.165) is 18.4 Å². The van der Waals surface area contributed by atoms with Gasteiger partial charge in [0.25, 0.3) is 0 Å². The fourth-order valence-electron chi connectivity index (χ4n) is 2.59. The van der Waals surface area contributed by atoms with Gasteiger partial charge in [-0.3, -0.25) is 0 Å². The second-order valence-electron chi connectivity index (χ2n) is 5.27. The van der Waals surface area contributed by atoms with Gasteiger partial charge in [0.05, 0.1) is 0 Å². The van der Waals surface area contributed by atoms with Gasteiger partial charge in [-0.2, -0.15) is 0 Å². The maximum atomic E-state index is 12.9. The highest BCUT2D eigenvalue weighted by atomic mass is 19.1. The Labute approximate surface area is 121 Å². The Morgan fingerprint density at radius 1 is 1.19 bits per heavy atom. The van der Waals surface area contributed by atoms with Crippen LogP contribution in [0.5, 0.6) is 0 Å². The van der Waals surface area contributed by atoms with E-state index in [4.69, 9.17) is 5.11 Å². The Morgan fingerprint density at radius 3 is 2.57 bits per heavy atom. The Kier molecular flexibility index (Phi) is 3.56. The van der Waals surface area contributed by atoms with Crippen molar-refractivity contribution in [3.8, 4) is 0 Å². The van der Waals surface area contributed by atoms with Crippen LogP contribution in [0.2, 0.25) is 0 Å². The molecule has 1 fully saturated rings. The van der Waals surface area contributed by atoms with Gasteiger partial charge in [0.2, 0.25) is 0 Å². The number of hydrogen-bond donors (Lipinski definition) is 2. The number of rotatable bonds is 4. The molecule has 0 unspecified atom stereocenters. The van der Waals surface area contributed by atoms with Crippen LogP contribution >= 0.6 is 0 Å². The molecule has 0 saturated heterocycles. The lowest BCUT2D eigenvalue weighted by molar-refractivity contribution is 0.0690. The van der Waals surface area contributed by atoms with Gasteiger partial charge >= 0.3 is 5.97 Å². The Bertz CT molecular complexity index is 652. The third-order valence-electron chi connectivity index (χ3n) is 3.80. The van der Waals surface area contributed by atoms with Crippen LogP contribution in [-0.2, 0) is 0 Å². The summed E-state index contributed by atoms with van der Waals surface area (Å²) in [6.45, 7) is 0. The summed E-state index contributed by atoms with van der Waals surface area (Å²) in [6.07, 6.45) is 1.87. The molecule has 1 aromatic carbocycles. The molecular weight excluding hydrogens is 271 g/mol. The molecule has 1 aromatic heterocycles. The monoisotopic (exact) mass is 286 g/mol. The van der Waals surface area contributed by atoms with E-state index < -0.39 is 5.97 Å². The summed E-state index contributed by atoms with van der Waals surface area (Å²) in [5, 5.41) is 12.1. The molecule has 0 atom stereocenters. The van der Waals surface area contributed by atoms with Crippen molar-refractivity contribution in [3.63, 3.8) is 0 Å². The first-order valence-electron chi connectivity index (χ1n) is 6.84. The van der Waals surface area contributed by atoms with Gasteiger partial charge in [0, 0.05) is 6.04 Å². The first-order valence-corrected chi connectivity index (χ1v) is 6.84. The van der Waals surface area contributed by atoms with Crippen LogP contribution in [0.4, 0.5) is 10.2 Å². The number of aromatic nitrogens is 1. The highest BCUT2D eigenvalue weighted by molar-refractivity contribution is 5.85. The number of anilines is 1. The molecule has 0 aliphatic heterocycles. The quantitative estimate of drug-likeness (QED) is 0.905. The van der Waals surface area contributed by atoms with Crippen LogP contribution in [0.3, 0.4) is 0 Å². The number of hydrogen-bond acceptors (Lipinski definition) is 3. The summed E-state index contributed by atoms with van der Waals surface area (Å²) in [5.41, 5.74) is 1.18. The van der Waals surface area contributed by atoms with Gasteiger partial charge in [0.15, 0.2) is 5.69 Å². The molecule has 4 nitrogen and oxygen atoms in total. The number of carboxylic acids is 1. The van der Waals surface area contributed by atoms with Crippen LogP contribution < -0.4 is 5.32 Å². The molecule has 1 aliphatic carbocycles. The molecular formula is C16H15FN2O2. The molecule has 108 valence electrons. The van der Waals surface area contributed by atoms with E-state index in [9.17, 15) is 9.18 Å². The molecule has 2 aromatic rings. The van der Waals surface area contributed by atoms with E-state index in [1.807, 2.05) is 12.1 Å². The maximum Gasteiger partial charge on any atom is 0.354 e. The second kappa shape index (κ2) is 5.52. The standard InChI is InChI=1S/C16H15FN2O2/c17-12-6-4-10(5-7-12)11-8-13(9-11)18-15-3-1-2-14(19-15)16(20)21/h1-7,11,13H,8-9H2,(H,18,19)(H,20,21). The predicted octanol–water partition coefficient (Wildman–Crippen LogP) is 3.28. The van der Waals surface area contributed by atoms with Crippen molar-refractivity contribution >= 4 is 11.8 Å². The van der Waals surface area contributed by atoms with Crippen molar-refractivity contribution in [3.05, 3.63) is 59.5 Å². The highest BCUT2D eigenvalue weighted by Gasteiger charge is 2.30. The third-order valence-corrected chi connectivity index (χ3v) is 3.80. The van der Waals surface area contributed by atoms with Gasteiger partial charge < -0.3 is 10.4 Å². The molecule has 0 spiro atoms. The lowest BCUT2D eigenvalue weighted by Gasteiger charge is -2.36. The van der Waals surface area contributed by atoms with Gasteiger partial charge in [-0.1, -0.05) is 18.2 Å². The van der Waals surface area contributed by atoms with Crippen LogP contribution in [0.25, 0.3) is 0 Å². The Morgan fingerprint density at radius 2 is 1.90 bits per heavy atom. The topological polar surface area (TPSA) is 62.2 Å². The summed E-state index contributed by atoms with van der Waals surface area (Å²) >= 11 is 0. The van der Waals surface area contributed by atoms with Gasteiger partial charge in [-0.05, 0) is 48.6 Å². The van der Waals surface area contributed by atoms with E-state index >= 15 is 0 Å². The van der Waals surface area contributed by atoms with Gasteiger partial charge in [-0.25, -0.2) is 14.2 Å². The van der Waals surface area contributed by atoms with Crippen molar-refractivity contribution in [2.45, 2.75) is 24.8 Å². The molecule has 21 heavy (non-hydrogen) atoms. The molecule has 3 rings (SSSR count). The van der Waals surface area contributed by atoms with Crippen molar-refractivity contribution in [2.75, 3.05) is 5.32 Å². The zero-order chi connectivity index (χ0) is 14.8. The normalized spacial score (nSPS) is 20.6. The fraction of sp³-hybridized carbons (Fsp3) is 0.250. The maximum absolute atomic E-state index is 12.9. The van der Waals surface area contributed by atoms with Gasteiger partial charge in [0.1, 0.15) is 11.6 Å². The van der Waals surface area contributed by atoms with Crippen molar-refractivity contribution < 1.29 is 14.3 Å². The largest absolute Gasteiger partial charge is 0.477 e. The van der Waals surface area contributed by atoms with E-state index in [1.165, 1.54) is 18.2 Å². The summed E-state index contributed by atoms with van der Waals surface area (Å²) in [4.78, 5) is 14.9. The predicted molar refractivity (Wildman–Crippen MR) is 77.0 cm³/mol. The van der Waals surface area contributed by atoms with E-state index in [1.54, 1.807) is 12.1 Å². The van der Waals surface area contributed by atoms with Crippen LogP contribution in [0, 0.1) is 5.82 Å². The number of carboxylic acid groups (broad SMARTS) is 1. The number of carbonyl (C=O) groups is 1. The molecule has 0 radical (unpaired) electrons. The summed E-state index contributed by atoms with van der Waals surface area (Å²) in [6, 6.07) is 11.8. The number of pyridine rings is 1. The molecule has 1 saturated carbocycles.